The lowest BCUT2D eigenvalue weighted by Crippen LogP contribution is -2.39. The van der Waals surface area contributed by atoms with Crippen molar-refractivity contribution in [3.05, 3.63) is 58.7 Å². The molecule has 3 aliphatic carbocycles. The molecule has 1 saturated carbocycles. The molecule has 2 bridgehead atoms. The quantitative estimate of drug-likeness (QED) is 0.654. The maximum Gasteiger partial charge on any atom is 0.169 e. The van der Waals surface area contributed by atoms with Gasteiger partial charge in [-0.15, -0.1) is 0 Å². The van der Waals surface area contributed by atoms with E-state index in [4.69, 9.17) is 0 Å². The first kappa shape index (κ1) is 14.5. The molecule has 2 aromatic carbocycles. The number of aryl methyl sites for hydroxylation is 2. The van der Waals surface area contributed by atoms with Crippen LogP contribution in [-0.2, 0) is 12.8 Å². The van der Waals surface area contributed by atoms with Crippen LogP contribution < -0.4 is 0 Å². The summed E-state index contributed by atoms with van der Waals surface area (Å²) in [6, 6.07) is 11.2. The molecule has 2 atom stereocenters. The minimum Gasteiger partial charge on any atom is -0.294 e. The van der Waals surface area contributed by atoms with Gasteiger partial charge in [0.05, 0.1) is 0 Å². The fourth-order valence-electron chi connectivity index (χ4n) is 5.46. The van der Waals surface area contributed by atoms with Crippen LogP contribution in [0.3, 0.4) is 0 Å². The summed E-state index contributed by atoms with van der Waals surface area (Å²) in [5, 5.41) is 2.53. The predicted molar refractivity (Wildman–Crippen MR) is 98.5 cm³/mol. The molecule has 24 heavy (non-hydrogen) atoms. The van der Waals surface area contributed by atoms with Crippen LogP contribution in [0.1, 0.15) is 60.5 Å². The molecule has 5 rings (SSSR count). The zero-order chi connectivity index (χ0) is 16.3. The monoisotopic (exact) mass is 316 g/mol. The zero-order valence-electron chi connectivity index (χ0n) is 14.4. The van der Waals surface area contributed by atoms with Gasteiger partial charge in [-0.05, 0) is 72.4 Å². The van der Waals surface area contributed by atoms with E-state index in [0.717, 1.165) is 44.1 Å². The van der Waals surface area contributed by atoms with Crippen molar-refractivity contribution in [3.8, 4) is 0 Å². The first-order valence-electron chi connectivity index (χ1n) is 9.48. The number of carbonyl (C=O) groups excluding carboxylic acids is 1. The molecule has 0 radical (unpaired) electrons. The number of benzene rings is 2. The summed E-state index contributed by atoms with van der Waals surface area (Å²) in [5.74, 6) is 1.02. The summed E-state index contributed by atoms with van der Waals surface area (Å²) < 4.78 is 0. The third-order valence-corrected chi connectivity index (χ3v) is 6.73. The third-order valence-electron chi connectivity index (χ3n) is 6.73. The third kappa shape index (κ3) is 1.90. The highest BCUT2D eigenvalue weighted by Crippen LogP contribution is 2.58. The van der Waals surface area contributed by atoms with Crippen molar-refractivity contribution < 1.29 is 4.79 Å². The summed E-state index contributed by atoms with van der Waals surface area (Å²) in [5.41, 5.74) is 5.16. The van der Waals surface area contributed by atoms with Gasteiger partial charge in [-0.25, -0.2) is 0 Å². The number of fused-ring (bicyclic) bond motifs is 5. The van der Waals surface area contributed by atoms with Crippen LogP contribution in [0.2, 0.25) is 0 Å². The number of hydrogen-bond donors (Lipinski definition) is 0. The summed E-state index contributed by atoms with van der Waals surface area (Å²) in [7, 11) is 0. The molecule has 0 aliphatic heterocycles. The van der Waals surface area contributed by atoms with Crippen LogP contribution >= 0.6 is 0 Å². The van der Waals surface area contributed by atoms with Crippen molar-refractivity contribution in [2.45, 2.75) is 51.9 Å². The molecule has 1 fully saturated rings. The van der Waals surface area contributed by atoms with Gasteiger partial charge in [-0.1, -0.05) is 49.3 Å². The van der Waals surface area contributed by atoms with Crippen molar-refractivity contribution in [2.24, 2.45) is 11.3 Å². The topological polar surface area (TPSA) is 17.1 Å². The Bertz CT molecular complexity index is 888. The molecular weight excluding hydrogens is 292 g/mol. The van der Waals surface area contributed by atoms with Crippen molar-refractivity contribution in [2.75, 3.05) is 0 Å². The maximum absolute atomic E-state index is 13.5. The number of Topliss-reactive ketones (excluding diaryl/α,β-unsaturated/α-hetero) is 1. The molecule has 1 nitrogen and oxygen atoms in total. The largest absolute Gasteiger partial charge is 0.294 e. The highest BCUT2D eigenvalue weighted by Gasteiger charge is 2.53. The summed E-state index contributed by atoms with van der Waals surface area (Å²) in [4.78, 5) is 13.5. The van der Waals surface area contributed by atoms with E-state index in [1.54, 1.807) is 5.57 Å². The van der Waals surface area contributed by atoms with E-state index in [2.05, 4.69) is 43.3 Å². The molecule has 0 aromatic heterocycles. The van der Waals surface area contributed by atoms with Crippen LogP contribution in [-0.4, -0.2) is 5.78 Å². The van der Waals surface area contributed by atoms with E-state index in [1.807, 2.05) is 0 Å². The van der Waals surface area contributed by atoms with Crippen molar-refractivity contribution in [1.29, 1.82) is 0 Å². The molecular formula is C23H24O. The van der Waals surface area contributed by atoms with Gasteiger partial charge in [0.2, 0.25) is 0 Å². The Kier molecular flexibility index (Phi) is 3.04. The highest BCUT2D eigenvalue weighted by atomic mass is 16.1. The van der Waals surface area contributed by atoms with Crippen molar-refractivity contribution in [3.63, 3.8) is 0 Å². The lowest BCUT2D eigenvalue weighted by atomic mass is 9.63. The minimum atomic E-state index is -0.0637. The highest BCUT2D eigenvalue weighted by molar-refractivity contribution is 6.06. The molecule has 1 heteroatoms. The van der Waals surface area contributed by atoms with Crippen LogP contribution in [0.25, 0.3) is 10.8 Å². The van der Waals surface area contributed by atoms with Gasteiger partial charge >= 0.3 is 0 Å². The standard InChI is InChI=1S/C23H24O/c1-2-3-15-4-6-17-12-18-8-9-23(14-16-5-7-20(23)11-16)22(24)21(18)13-19(17)10-15/h4-6,10,12-13,20H,2-3,7-9,11,14H2,1H3. The molecule has 0 N–H and O–H groups in total. The zero-order valence-corrected chi connectivity index (χ0v) is 14.4. The number of rotatable bonds is 2. The van der Waals surface area contributed by atoms with Gasteiger partial charge in [0.25, 0.3) is 0 Å². The summed E-state index contributed by atoms with van der Waals surface area (Å²) >= 11 is 0. The molecule has 0 heterocycles. The van der Waals surface area contributed by atoms with E-state index in [9.17, 15) is 4.79 Å². The Morgan fingerprint density at radius 3 is 2.83 bits per heavy atom. The van der Waals surface area contributed by atoms with Crippen LogP contribution in [0.15, 0.2) is 42.0 Å². The second kappa shape index (κ2) is 5.05. The van der Waals surface area contributed by atoms with E-state index in [0.29, 0.717) is 11.7 Å². The Morgan fingerprint density at radius 2 is 2.08 bits per heavy atom. The normalized spacial score (nSPS) is 27.8. The molecule has 1 spiro atoms. The first-order chi connectivity index (χ1) is 11.7. The van der Waals surface area contributed by atoms with Gasteiger partial charge in [0, 0.05) is 11.0 Å². The Hall–Kier alpha value is -1.89. The smallest absolute Gasteiger partial charge is 0.169 e. The first-order valence-corrected chi connectivity index (χ1v) is 9.48. The van der Waals surface area contributed by atoms with Gasteiger partial charge in [0.1, 0.15) is 0 Å². The van der Waals surface area contributed by atoms with Gasteiger partial charge in [-0.2, -0.15) is 0 Å². The lowest BCUT2D eigenvalue weighted by molar-refractivity contribution is 0.0671. The average Bonchev–Trinajstić information content (AvgIpc) is 3.19. The summed E-state index contributed by atoms with van der Waals surface area (Å²) in [6.45, 7) is 2.22. The Balaban J connectivity index is 1.61. The Morgan fingerprint density at radius 1 is 1.17 bits per heavy atom. The second-order valence-corrected chi connectivity index (χ2v) is 8.10. The van der Waals surface area contributed by atoms with Gasteiger partial charge in [0.15, 0.2) is 5.78 Å². The van der Waals surface area contributed by atoms with Crippen LogP contribution in [0.4, 0.5) is 0 Å². The molecule has 122 valence electrons. The number of carbonyl (C=O) groups is 1. The van der Waals surface area contributed by atoms with E-state index in [1.165, 1.54) is 28.3 Å². The van der Waals surface area contributed by atoms with E-state index >= 15 is 0 Å². The Labute approximate surface area is 143 Å². The van der Waals surface area contributed by atoms with Crippen LogP contribution in [0, 0.1) is 11.3 Å². The van der Waals surface area contributed by atoms with Gasteiger partial charge < -0.3 is 0 Å². The second-order valence-electron chi connectivity index (χ2n) is 8.10. The van der Waals surface area contributed by atoms with Crippen LogP contribution in [0.5, 0.6) is 0 Å². The average molecular weight is 316 g/mol. The van der Waals surface area contributed by atoms with Crippen molar-refractivity contribution in [1.82, 2.24) is 0 Å². The van der Waals surface area contributed by atoms with Gasteiger partial charge in [-0.3, -0.25) is 4.79 Å². The number of allylic oxidation sites excluding steroid dienone is 2. The molecule has 2 unspecified atom stereocenters. The fraction of sp³-hybridized carbons (Fsp3) is 0.435. The molecule has 0 amide bonds. The predicted octanol–water partition coefficient (Wildman–Crippen LogP) is 5.65. The fourth-order valence-corrected chi connectivity index (χ4v) is 5.46. The summed E-state index contributed by atoms with van der Waals surface area (Å²) in [6.07, 6.45) is 10.1. The maximum atomic E-state index is 13.5. The molecule has 0 saturated heterocycles. The molecule has 2 aromatic rings. The lowest BCUT2D eigenvalue weighted by Gasteiger charge is -2.38. The number of ketones is 1. The number of hydrogen-bond acceptors (Lipinski definition) is 1. The van der Waals surface area contributed by atoms with E-state index in [-0.39, 0.29) is 5.41 Å². The van der Waals surface area contributed by atoms with Crippen molar-refractivity contribution >= 4 is 16.6 Å². The minimum absolute atomic E-state index is 0.0637. The molecule has 3 aliphatic rings. The SMILES string of the molecule is CCCc1ccc2cc3c(cc2c1)C(=O)C1(CC3)CC2=CCC1C2. The van der Waals surface area contributed by atoms with E-state index < -0.39 is 0 Å².